The Balaban J connectivity index is 2.08. The number of nitrogens with one attached hydrogen (secondary N) is 4. The van der Waals surface area contributed by atoms with E-state index in [0.717, 1.165) is 16.5 Å². The molecule has 2 aromatic rings. The number of carbonyl (C=O) groups is 4. The number of hydrogen-bond acceptors (Lipinski definition) is 7. The molecule has 4 unspecified atom stereocenters. The van der Waals surface area contributed by atoms with Gasteiger partial charge < -0.3 is 43.2 Å². The molecule has 12 heteroatoms. The number of unbranched alkanes of at least 4 members (excludes halogenated alkanes) is 2. The van der Waals surface area contributed by atoms with E-state index >= 15 is 0 Å². The standard InChI is InChI=1S/C28H45N7O5/c1-17(2)24(35-25(36)20(31)15-18-16-32-21-10-4-3-9-19(18)21)27(38)33-22(11-5-7-13-29)26(37)34-23(28(39)40)12-6-8-14-30/h3-4,9-10,16-17,20,22-24,32H,5-8,11-15,29-31H2,1-2H3,(H,33,38)(H,34,37)(H,35,36)(H,39,40). The zero-order valence-corrected chi connectivity index (χ0v) is 23.4. The summed E-state index contributed by atoms with van der Waals surface area (Å²) in [6.07, 6.45) is 4.93. The average molecular weight is 560 g/mol. The molecule has 1 aromatic carbocycles. The second kappa shape index (κ2) is 16.6. The van der Waals surface area contributed by atoms with Crippen molar-refractivity contribution in [2.75, 3.05) is 13.1 Å². The van der Waals surface area contributed by atoms with Gasteiger partial charge in [0.05, 0.1) is 6.04 Å². The number of carbonyl (C=O) groups excluding carboxylic acids is 3. The van der Waals surface area contributed by atoms with Gasteiger partial charge in [-0.25, -0.2) is 4.79 Å². The molecule has 0 saturated heterocycles. The molecule has 40 heavy (non-hydrogen) atoms. The lowest BCUT2D eigenvalue weighted by molar-refractivity contribution is -0.142. The maximum atomic E-state index is 13.3. The van der Waals surface area contributed by atoms with Crippen molar-refractivity contribution in [3.8, 4) is 0 Å². The molecule has 0 bridgehead atoms. The number of para-hydroxylation sites is 1. The van der Waals surface area contributed by atoms with Crippen LogP contribution in [0.1, 0.15) is 57.9 Å². The summed E-state index contributed by atoms with van der Waals surface area (Å²) in [6.45, 7) is 4.39. The predicted octanol–water partition coefficient (Wildman–Crippen LogP) is 0.491. The highest BCUT2D eigenvalue weighted by Crippen LogP contribution is 2.19. The predicted molar refractivity (Wildman–Crippen MR) is 154 cm³/mol. The molecule has 0 aliphatic heterocycles. The fourth-order valence-electron chi connectivity index (χ4n) is 4.47. The van der Waals surface area contributed by atoms with Gasteiger partial charge in [0, 0.05) is 17.1 Å². The molecule has 222 valence electrons. The monoisotopic (exact) mass is 559 g/mol. The molecule has 0 saturated carbocycles. The number of H-pyrrole nitrogens is 1. The third kappa shape index (κ3) is 9.92. The second-order valence-corrected chi connectivity index (χ2v) is 10.4. The Labute approximate surface area is 235 Å². The van der Waals surface area contributed by atoms with E-state index in [-0.39, 0.29) is 25.2 Å². The fourth-order valence-corrected chi connectivity index (χ4v) is 4.47. The van der Waals surface area contributed by atoms with E-state index in [1.807, 2.05) is 30.5 Å². The smallest absolute Gasteiger partial charge is 0.326 e. The molecule has 11 N–H and O–H groups in total. The summed E-state index contributed by atoms with van der Waals surface area (Å²) in [5.41, 5.74) is 19.1. The van der Waals surface area contributed by atoms with Crippen LogP contribution in [0.5, 0.6) is 0 Å². The highest BCUT2D eigenvalue weighted by Gasteiger charge is 2.31. The van der Waals surface area contributed by atoms with Gasteiger partial charge in [0.15, 0.2) is 0 Å². The lowest BCUT2D eigenvalue weighted by atomic mass is 10.00. The van der Waals surface area contributed by atoms with Crippen molar-refractivity contribution < 1.29 is 24.3 Å². The van der Waals surface area contributed by atoms with E-state index in [4.69, 9.17) is 17.2 Å². The van der Waals surface area contributed by atoms with Gasteiger partial charge in [-0.3, -0.25) is 14.4 Å². The number of aliphatic carboxylic acids is 1. The van der Waals surface area contributed by atoms with Crippen molar-refractivity contribution >= 4 is 34.6 Å². The van der Waals surface area contributed by atoms with Crippen LogP contribution in [-0.2, 0) is 25.6 Å². The Kier molecular flexibility index (Phi) is 13.6. The summed E-state index contributed by atoms with van der Waals surface area (Å²) in [7, 11) is 0. The minimum Gasteiger partial charge on any atom is -0.480 e. The number of aromatic nitrogens is 1. The van der Waals surface area contributed by atoms with Crippen molar-refractivity contribution in [3.63, 3.8) is 0 Å². The maximum absolute atomic E-state index is 13.3. The number of rotatable bonds is 18. The normalized spacial score (nSPS) is 14.3. The van der Waals surface area contributed by atoms with Crippen molar-refractivity contribution in [1.82, 2.24) is 20.9 Å². The Bertz CT molecular complexity index is 1120. The summed E-state index contributed by atoms with van der Waals surface area (Å²) in [6, 6.07) is 3.75. The summed E-state index contributed by atoms with van der Waals surface area (Å²) < 4.78 is 0. The fraction of sp³-hybridized carbons (Fsp3) is 0.571. The number of amides is 3. The van der Waals surface area contributed by atoms with E-state index in [2.05, 4.69) is 20.9 Å². The first-order valence-electron chi connectivity index (χ1n) is 13.9. The van der Waals surface area contributed by atoms with Crippen LogP contribution in [0.4, 0.5) is 0 Å². The maximum Gasteiger partial charge on any atom is 0.326 e. The highest BCUT2D eigenvalue weighted by molar-refractivity contribution is 5.94. The number of carboxylic acid groups (broad SMARTS) is 1. The lowest BCUT2D eigenvalue weighted by Crippen LogP contribution is -2.58. The number of benzene rings is 1. The third-order valence-corrected chi connectivity index (χ3v) is 6.84. The van der Waals surface area contributed by atoms with Crippen LogP contribution >= 0.6 is 0 Å². The SMILES string of the molecule is CC(C)C(NC(=O)C(N)Cc1c[nH]c2ccccc12)C(=O)NC(CCCCN)C(=O)NC(CCCCN)C(=O)O. The number of aromatic amines is 1. The Morgan fingerprint density at radius 2 is 1.45 bits per heavy atom. The largest absolute Gasteiger partial charge is 0.480 e. The number of fused-ring (bicyclic) bond motifs is 1. The molecule has 1 aromatic heterocycles. The number of carboxylic acids is 1. The molecule has 0 radical (unpaired) electrons. The van der Waals surface area contributed by atoms with Gasteiger partial charge in [0.1, 0.15) is 18.1 Å². The molecular formula is C28H45N7O5. The zero-order chi connectivity index (χ0) is 29.7. The van der Waals surface area contributed by atoms with Gasteiger partial charge in [-0.05, 0) is 75.6 Å². The Morgan fingerprint density at radius 3 is 2.05 bits per heavy atom. The summed E-state index contributed by atoms with van der Waals surface area (Å²) in [4.78, 5) is 54.2. The van der Waals surface area contributed by atoms with Gasteiger partial charge in [0.2, 0.25) is 17.7 Å². The first-order chi connectivity index (χ1) is 19.1. The van der Waals surface area contributed by atoms with Crippen LogP contribution in [-0.4, -0.2) is 71.0 Å². The molecular weight excluding hydrogens is 514 g/mol. The molecule has 3 amide bonds. The third-order valence-electron chi connectivity index (χ3n) is 6.84. The minimum absolute atomic E-state index is 0.223. The van der Waals surface area contributed by atoms with Crippen LogP contribution in [0.25, 0.3) is 10.9 Å². The molecule has 0 spiro atoms. The van der Waals surface area contributed by atoms with Gasteiger partial charge in [-0.15, -0.1) is 0 Å². The van der Waals surface area contributed by atoms with Gasteiger partial charge >= 0.3 is 5.97 Å². The quantitative estimate of drug-likeness (QED) is 0.120. The summed E-state index contributed by atoms with van der Waals surface area (Å²) in [5.74, 6) is -3.11. The molecule has 0 aliphatic rings. The van der Waals surface area contributed by atoms with Crippen LogP contribution in [0.2, 0.25) is 0 Å². The van der Waals surface area contributed by atoms with Crippen LogP contribution in [0, 0.1) is 5.92 Å². The number of hydrogen-bond donors (Lipinski definition) is 8. The van der Waals surface area contributed by atoms with Gasteiger partial charge in [-0.2, -0.15) is 0 Å². The van der Waals surface area contributed by atoms with Gasteiger partial charge in [0.25, 0.3) is 0 Å². The Hall–Kier alpha value is -3.48. The molecule has 1 heterocycles. The van der Waals surface area contributed by atoms with E-state index in [0.29, 0.717) is 38.8 Å². The number of nitrogens with two attached hydrogens (primary N) is 3. The van der Waals surface area contributed by atoms with Crippen molar-refractivity contribution in [1.29, 1.82) is 0 Å². The highest BCUT2D eigenvalue weighted by atomic mass is 16.4. The Morgan fingerprint density at radius 1 is 0.850 bits per heavy atom. The van der Waals surface area contributed by atoms with Crippen molar-refractivity contribution in [2.24, 2.45) is 23.1 Å². The molecule has 12 nitrogen and oxygen atoms in total. The van der Waals surface area contributed by atoms with Gasteiger partial charge in [-0.1, -0.05) is 32.0 Å². The van der Waals surface area contributed by atoms with Crippen molar-refractivity contribution in [2.45, 2.75) is 83.0 Å². The molecule has 4 atom stereocenters. The van der Waals surface area contributed by atoms with Crippen LogP contribution < -0.4 is 33.2 Å². The summed E-state index contributed by atoms with van der Waals surface area (Å²) >= 11 is 0. The molecule has 0 fully saturated rings. The molecule has 2 rings (SSSR count). The van der Waals surface area contributed by atoms with Crippen LogP contribution in [0.15, 0.2) is 30.5 Å². The van der Waals surface area contributed by atoms with E-state index < -0.39 is 47.9 Å². The minimum atomic E-state index is -1.16. The zero-order valence-electron chi connectivity index (χ0n) is 23.4. The average Bonchev–Trinajstić information content (AvgIpc) is 3.32. The van der Waals surface area contributed by atoms with E-state index in [1.165, 1.54) is 0 Å². The van der Waals surface area contributed by atoms with E-state index in [1.54, 1.807) is 13.8 Å². The van der Waals surface area contributed by atoms with Crippen molar-refractivity contribution in [3.05, 3.63) is 36.0 Å². The van der Waals surface area contributed by atoms with Crippen LogP contribution in [0.3, 0.4) is 0 Å². The topological polar surface area (TPSA) is 218 Å². The molecule has 0 aliphatic carbocycles. The first kappa shape index (κ1) is 32.7. The second-order valence-electron chi connectivity index (χ2n) is 10.4. The lowest BCUT2D eigenvalue weighted by Gasteiger charge is -2.27. The van der Waals surface area contributed by atoms with E-state index in [9.17, 15) is 24.3 Å². The first-order valence-corrected chi connectivity index (χ1v) is 13.9. The summed E-state index contributed by atoms with van der Waals surface area (Å²) in [5, 5.41) is 18.5.